The molecule has 0 aliphatic carbocycles. The maximum absolute atomic E-state index is 8.97. The molecule has 3 N–H and O–H groups in total. The quantitative estimate of drug-likeness (QED) is 0.101. The topological polar surface area (TPSA) is 260 Å². The van der Waals surface area contributed by atoms with Gasteiger partial charge in [-0.05, 0) is 0 Å². The largest absolute Gasteiger partial charge is 3.00 e. The minimum Gasteiger partial charge on any atom is -0.724 e. The molecule has 0 saturated heterocycles. The molecule has 0 aromatic heterocycles. The summed E-state index contributed by atoms with van der Waals surface area (Å²) in [5.41, 5.74) is 0. The van der Waals surface area contributed by atoms with E-state index >= 15 is 0 Å². The second kappa shape index (κ2) is 12.1. The molecule has 0 bridgehead atoms. The Balaban J connectivity index is -0.0000000865. The van der Waals surface area contributed by atoms with Crippen molar-refractivity contribution in [3.05, 3.63) is 0 Å². The maximum Gasteiger partial charge on any atom is 3.00 e. The summed E-state index contributed by atoms with van der Waals surface area (Å²) in [6, 6.07) is 0. The first-order valence-electron chi connectivity index (χ1n) is 2.55. The van der Waals surface area contributed by atoms with E-state index in [0.29, 0.717) is 0 Å². The van der Waals surface area contributed by atoms with Gasteiger partial charge < -0.3 is 13.7 Å². The SMILES string of the molecule is O=S(=O)([O-])OO.O=S(=O)([O-])OO.O=S(=O)([O-])OO.[Bi+3]. The zero-order chi connectivity index (χ0) is 15.6. The molecule has 2 radical (unpaired) electrons. The Hall–Kier alpha value is 0.373. The third-order valence-electron chi connectivity index (χ3n) is 0.274. The fraction of sp³-hybridized carbons (Fsp3) is 0. The van der Waals surface area contributed by atoms with Gasteiger partial charge in [-0.2, -0.15) is 0 Å². The molecule has 0 fully saturated rings. The first-order chi connectivity index (χ1) is 7.68. The Bertz CT molecular complexity index is 399. The number of hydrogen-bond acceptors (Lipinski definition) is 15. The van der Waals surface area contributed by atoms with E-state index in [4.69, 9.17) is 54.7 Å². The predicted octanol–water partition coefficient (Wildman–Crippen LogP) is -3.57. The second-order valence-electron chi connectivity index (χ2n) is 1.45. The van der Waals surface area contributed by atoms with Crippen molar-refractivity contribution >= 4 is 57.4 Å². The van der Waals surface area contributed by atoms with Gasteiger partial charge in [-0.1, -0.05) is 0 Å². The van der Waals surface area contributed by atoms with Crippen LogP contribution >= 0.6 is 0 Å². The predicted molar refractivity (Wildman–Crippen MR) is 46.0 cm³/mol. The van der Waals surface area contributed by atoms with Crippen LogP contribution in [0.5, 0.6) is 0 Å². The molecule has 0 atom stereocenters. The monoisotopic (exact) mass is 548 g/mol. The molecule has 0 unspecified atom stereocenters. The summed E-state index contributed by atoms with van der Waals surface area (Å²) in [5, 5.41) is 21.0. The molecule has 0 aliphatic rings. The van der Waals surface area contributed by atoms with Gasteiger partial charge in [0.2, 0.25) is 31.2 Å². The van der Waals surface area contributed by atoms with Crippen molar-refractivity contribution in [2.45, 2.75) is 0 Å². The minimum atomic E-state index is -4.86. The van der Waals surface area contributed by atoms with Gasteiger partial charge in [-0.25, -0.2) is 41.0 Å². The van der Waals surface area contributed by atoms with Gasteiger partial charge in [0, 0.05) is 0 Å². The zero-order valence-electron chi connectivity index (χ0n) is 7.91. The van der Waals surface area contributed by atoms with Crippen LogP contribution < -0.4 is 0 Å². The normalized spacial score (nSPS) is 11.1. The summed E-state index contributed by atoms with van der Waals surface area (Å²) < 4.78 is 87.8. The molecule has 15 nitrogen and oxygen atoms in total. The summed E-state index contributed by atoms with van der Waals surface area (Å²) in [6.45, 7) is 0. The van der Waals surface area contributed by atoms with Crippen LogP contribution in [-0.2, 0) is 44.2 Å². The molecule has 0 rings (SSSR count). The minimum absolute atomic E-state index is 0. The van der Waals surface area contributed by atoms with Crippen LogP contribution in [0.15, 0.2) is 0 Å². The third kappa shape index (κ3) is 56.1. The Labute approximate surface area is 125 Å². The molecule has 116 valence electrons. The molecule has 0 aromatic carbocycles. The molecule has 0 aliphatic heterocycles. The third-order valence-corrected chi connectivity index (χ3v) is 0.822. The maximum atomic E-state index is 8.97. The van der Waals surface area contributed by atoms with Crippen molar-refractivity contribution in [3.63, 3.8) is 0 Å². The standard InChI is InChI=1S/Bi.3H2O5S/c;3*1-5-6(2,3)4/h;3*1H,(H,2,3,4)/q+3;;;/p-3. The van der Waals surface area contributed by atoms with Crippen LogP contribution in [0.1, 0.15) is 0 Å². The average molecular weight is 548 g/mol. The van der Waals surface area contributed by atoms with Crippen LogP contribution in [0.3, 0.4) is 0 Å². The van der Waals surface area contributed by atoms with E-state index in [0.717, 1.165) is 0 Å². The first-order valence-corrected chi connectivity index (χ1v) is 6.55. The fourth-order valence-electron chi connectivity index (χ4n) is 0. The van der Waals surface area contributed by atoms with E-state index in [1.807, 2.05) is 0 Å². The summed E-state index contributed by atoms with van der Waals surface area (Å²) >= 11 is 0. The summed E-state index contributed by atoms with van der Waals surface area (Å²) in [5.74, 6) is 0. The van der Waals surface area contributed by atoms with Gasteiger partial charge in [0.25, 0.3) is 0 Å². The van der Waals surface area contributed by atoms with E-state index < -0.39 is 31.2 Å². The summed E-state index contributed by atoms with van der Waals surface area (Å²) in [7, 11) is -14.6. The van der Waals surface area contributed by atoms with Gasteiger partial charge in [-0.15, -0.1) is 13.0 Å². The molecule has 0 amide bonds. The van der Waals surface area contributed by atoms with Crippen molar-refractivity contribution in [2.24, 2.45) is 0 Å². The van der Waals surface area contributed by atoms with Crippen LogP contribution in [0, 0.1) is 0 Å². The molecule has 0 aromatic rings. The van der Waals surface area contributed by atoms with Crippen molar-refractivity contribution < 1.29 is 67.7 Å². The van der Waals surface area contributed by atoms with E-state index in [1.165, 1.54) is 0 Å². The van der Waals surface area contributed by atoms with Gasteiger partial charge in [0.1, 0.15) is 0 Å². The number of rotatable bonds is 3. The fourth-order valence-corrected chi connectivity index (χ4v) is 0. The summed E-state index contributed by atoms with van der Waals surface area (Å²) in [6.07, 6.45) is 0. The Morgan fingerprint density at radius 1 is 0.579 bits per heavy atom. The van der Waals surface area contributed by atoms with Crippen LogP contribution in [-0.4, -0.2) is 80.9 Å². The molecule has 19 heavy (non-hydrogen) atoms. The smallest absolute Gasteiger partial charge is 0.724 e. The summed E-state index contributed by atoms with van der Waals surface area (Å²) in [4.78, 5) is 0. The molecule has 0 spiro atoms. The van der Waals surface area contributed by atoms with E-state index in [2.05, 4.69) is 13.0 Å². The van der Waals surface area contributed by atoms with Gasteiger partial charge in [0.05, 0.1) is 0 Å². The Morgan fingerprint density at radius 3 is 0.632 bits per heavy atom. The average Bonchev–Trinajstić information content (AvgIpc) is 2.16. The van der Waals surface area contributed by atoms with Crippen LogP contribution in [0.25, 0.3) is 0 Å². The molecule has 0 saturated carbocycles. The zero-order valence-corrected chi connectivity index (χ0v) is 13.8. The molecular weight excluding hydrogens is 545 g/mol. The first kappa shape index (κ1) is 27.7. The molecular formula is H3BiO15S3. The van der Waals surface area contributed by atoms with Crippen molar-refractivity contribution in [2.75, 3.05) is 0 Å². The van der Waals surface area contributed by atoms with Crippen molar-refractivity contribution in [1.82, 2.24) is 0 Å². The van der Waals surface area contributed by atoms with E-state index in [9.17, 15) is 0 Å². The second-order valence-corrected chi connectivity index (χ2v) is 4.35. The Kier molecular flexibility index (Phi) is 17.7. The van der Waals surface area contributed by atoms with E-state index in [1.54, 1.807) is 0 Å². The van der Waals surface area contributed by atoms with Gasteiger partial charge >= 0.3 is 26.2 Å². The molecule has 0 heterocycles. The van der Waals surface area contributed by atoms with Crippen molar-refractivity contribution in [1.29, 1.82) is 0 Å². The molecule has 19 heteroatoms. The van der Waals surface area contributed by atoms with Crippen molar-refractivity contribution in [3.8, 4) is 0 Å². The van der Waals surface area contributed by atoms with Gasteiger partial charge in [-0.3, -0.25) is 0 Å². The van der Waals surface area contributed by atoms with E-state index in [-0.39, 0.29) is 26.2 Å². The van der Waals surface area contributed by atoms with Crippen LogP contribution in [0.2, 0.25) is 0 Å². The van der Waals surface area contributed by atoms with Crippen LogP contribution in [0.4, 0.5) is 0 Å². The number of hydrogen-bond donors (Lipinski definition) is 3. The Morgan fingerprint density at radius 2 is 0.632 bits per heavy atom. The van der Waals surface area contributed by atoms with Gasteiger partial charge in [0.15, 0.2) is 0 Å².